The van der Waals surface area contributed by atoms with Gasteiger partial charge in [-0.3, -0.25) is 0 Å². The molecule has 1 nitrogen and oxygen atoms in total. The van der Waals surface area contributed by atoms with Crippen molar-refractivity contribution < 1.29 is 0 Å². The van der Waals surface area contributed by atoms with Crippen LogP contribution in [0, 0.1) is 0 Å². The first kappa shape index (κ1) is 9.45. The Kier molecular flexibility index (Phi) is 2.67. The van der Waals surface area contributed by atoms with Crippen LogP contribution < -0.4 is 0 Å². The predicted octanol–water partition coefficient (Wildman–Crippen LogP) is 3.67. The van der Waals surface area contributed by atoms with E-state index in [-0.39, 0.29) is 0 Å². The van der Waals surface area contributed by atoms with Crippen LogP contribution in [-0.4, -0.2) is 6.21 Å². The van der Waals surface area contributed by atoms with E-state index >= 15 is 0 Å². The summed E-state index contributed by atoms with van der Waals surface area (Å²) in [7, 11) is 0. The third-order valence-corrected chi connectivity index (χ3v) is 2.65. The van der Waals surface area contributed by atoms with Crippen LogP contribution in [0.1, 0.15) is 39.5 Å². The van der Waals surface area contributed by atoms with Crippen molar-refractivity contribution in [1.82, 2.24) is 0 Å². The van der Waals surface area contributed by atoms with Crippen LogP contribution >= 0.6 is 0 Å². The third-order valence-electron chi connectivity index (χ3n) is 2.65. The third kappa shape index (κ3) is 1.47. The fourth-order valence-electron chi connectivity index (χ4n) is 2.04. The summed E-state index contributed by atoms with van der Waals surface area (Å²) in [5.41, 5.74) is 5.29. The zero-order chi connectivity index (χ0) is 9.97. The summed E-state index contributed by atoms with van der Waals surface area (Å²) < 4.78 is 0. The largest absolute Gasteiger partial charge is 0.250 e. The summed E-state index contributed by atoms with van der Waals surface area (Å²) >= 11 is 0. The molecule has 0 amide bonds. The van der Waals surface area contributed by atoms with Crippen LogP contribution in [0.3, 0.4) is 0 Å². The number of hydrogen-bond acceptors (Lipinski definition) is 1. The number of nitrogens with zero attached hydrogens (tertiary/aromatic N) is 1. The van der Waals surface area contributed by atoms with E-state index in [2.05, 4.69) is 37.2 Å². The van der Waals surface area contributed by atoms with Crippen molar-refractivity contribution in [3.8, 4) is 0 Å². The minimum Gasteiger partial charge on any atom is -0.250 e. The number of rotatable bonds is 4. The van der Waals surface area contributed by atoms with Gasteiger partial charge in [-0.05, 0) is 18.4 Å². The molecule has 0 saturated heterocycles. The standard InChI is InChI=1S/C13H16N/c1-3-5-10-7-8-11-9-14-12(6-4-2)13(10)11/h7-8H,3-6H2,1-2H3. The van der Waals surface area contributed by atoms with Crippen molar-refractivity contribution in [3.63, 3.8) is 0 Å². The minimum atomic E-state index is 1.08. The molecule has 2 aliphatic rings. The Morgan fingerprint density at radius 2 is 1.93 bits per heavy atom. The van der Waals surface area contributed by atoms with E-state index in [1.54, 1.807) is 0 Å². The van der Waals surface area contributed by atoms with Crippen LogP contribution in [0.5, 0.6) is 0 Å². The lowest BCUT2D eigenvalue weighted by atomic mass is 9.98. The second-order valence-electron chi connectivity index (χ2n) is 3.82. The van der Waals surface area contributed by atoms with Crippen molar-refractivity contribution in [2.24, 2.45) is 4.99 Å². The van der Waals surface area contributed by atoms with Crippen LogP contribution in [0.4, 0.5) is 0 Å². The van der Waals surface area contributed by atoms with Crippen molar-refractivity contribution in [3.05, 3.63) is 34.6 Å². The topological polar surface area (TPSA) is 12.4 Å². The fourth-order valence-corrected chi connectivity index (χ4v) is 2.04. The van der Waals surface area contributed by atoms with Gasteiger partial charge in [0.2, 0.25) is 0 Å². The molecule has 0 bridgehead atoms. The molecule has 73 valence electrons. The predicted molar refractivity (Wildman–Crippen MR) is 60.4 cm³/mol. The number of fused-ring (bicyclic) bond motifs is 1. The van der Waals surface area contributed by atoms with E-state index in [4.69, 9.17) is 0 Å². The van der Waals surface area contributed by atoms with Crippen LogP contribution in [0.15, 0.2) is 39.6 Å². The average Bonchev–Trinajstić information content (AvgIpc) is 2.72. The van der Waals surface area contributed by atoms with Crippen LogP contribution in [0.2, 0.25) is 0 Å². The molecular weight excluding hydrogens is 170 g/mol. The second-order valence-corrected chi connectivity index (χ2v) is 3.82. The number of hydrogen-bond donors (Lipinski definition) is 0. The van der Waals surface area contributed by atoms with Crippen molar-refractivity contribution >= 4 is 6.21 Å². The van der Waals surface area contributed by atoms with Crippen molar-refractivity contribution in [1.29, 1.82) is 0 Å². The van der Waals surface area contributed by atoms with E-state index in [1.807, 2.05) is 0 Å². The maximum atomic E-state index is 4.36. The Labute approximate surface area is 85.9 Å². The summed E-state index contributed by atoms with van der Waals surface area (Å²) in [5, 5.41) is 0. The monoisotopic (exact) mass is 186 g/mol. The molecule has 0 saturated carbocycles. The summed E-state index contributed by atoms with van der Waals surface area (Å²) in [4.78, 5) is 4.36. The maximum Gasteiger partial charge on any atom is 0.0975 e. The molecule has 1 heterocycles. The molecule has 0 spiro atoms. The Hall–Kier alpha value is -1.11. The van der Waals surface area contributed by atoms with Gasteiger partial charge in [-0.15, -0.1) is 0 Å². The van der Waals surface area contributed by atoms with Gasteiger partial charge < -0.3 is 0 Å². The normalized spacial score (nSPS) is 18.7. The van der Waals surface area contributed by atoms with E-state index < -0.39 is 0 Å². The molecule has 1 aliphatic heterocycles. The maximum absolute atomic E-state index is 4.36. The van der Waals surface area contributed by atoms with Crippen molar-refractivity contribution in [2.45, 2.75) is 39.5 Å². The summed E-state index contributed by atoms with van der Waals surface area (Å²) in [5.74, 6) is 0. The summed E-state index contributed by atoms with van der Waals surface area (Å²) in [6.07, 6.45) is 12.1. The molecule has 2 rings (SSSR count). The highest BCUT2D eigenvalue weighted by Crippen LogP contribution is 2.36. The van der Waals surface area contributed by atoms with E-state index in [9.17, 15) is 0 Å². The van der Waals surface area contributed by atoms with Crippen LogP contribution in [0.25, 0.3) is 0 Å². The highest BCUT2D eigenvalue weighted by molar-refractivity contribution is 5.94. The molecule has 0 N–H and O–H groups in total. The molecule has 0 aromatic rings. The molecule has 14 heavy (non-hydrogen) atoms. The number of allylic oxidation sites excluding steroid dienone is 6. The fraction of sp³-hybridized carbons (Fsp3) is 0.462. The molecular formula is C13H16N. The first-order valence-electron chi connectivity index (χ1n) is 5.48. The highest BCUT2D eigenvalue weighted by atomic mass is 14.8. The first-order chi connectivity index (χ1) is 6.86. The molecule has 0 unspecified atom stereocenters. The van der Waals surface area contributed by atoms with Gasteiger partial charge in [-0.2, -0.15) is 0 Å². The quantitative estimate of drug-likeness (QED) is 0.635. The number of aliphatic imine (C=N–C) groups is 1. The molecule has 1 aliphatic carbocycles. The smallest absolute Gasteiger partial charge is 0.0975 e. The van der Waals surface area contributed by atoms with Gasteiger partial charge in [0, 0.05) is 16.8 Å². The average molecular weight is 186 g/mol. The lowest BCUT2D eigenvalue weighted by molar-refractivity contribution is 0.874. The zero-order valence-electron chi connectivity index (χ0n) is 8.93. The molecule has 1 heteroatoms. The Morgan fingerprint density at radius 3 is 2.64 bits per heavy atom. The van der Waals surface area contributed by atoms with Gasteiger partial charge in [0.15, 0.2) is 0 Å². The van der Waals surface area contributed by atoms with E-state index in [0.717, 1.165) is 12.8 Å². The van der Waals surface area contributed by atoms with Gasteiger partial charge in [0.25, 0.3) is 0 Å². The summed E-state index contributed by atoms with van der Waals surface area (Å²) in [6.45, 7) is 4.42. The second kappa shape index (κ2) is 3.95. The van der Waals surface area contributed by atoms with Gasteiger partial charge in [0.05, 0.1) is 6.21 Å². The Morgan fingerprint density at radius 1 is 1.14 bits per heavy atom. The van der Waals surface area contributed by atoms with Crippen molar-refractivity contribution in [2.75, 3.05) is 0 Å². The lowest BCUT2D eigenvalue weighted by Gasteiger charge is -2.06. The molecule has 1 radical (unpaired) electrons. The minimum absolute atomic E-state index is 1.08. The lowest BCUT2D eigenvalue weighted by Crippen LogP contribution is -1.90. The summed E-state index contributed by atoms with van der Waals surface area (Å²) in [6, 6.07) is 0. The highest BCUT2D eigenvalue weighted by Gasteiger charge is 2.22. The van der Waals surface area contributed by atoms with Crippen LogP contribution in [-0.2, 0) is 0 Å². The zero-order valence-corrected chi connectivity index (χ0v) is 8.93. The molecule has 0 atom stereocenters. The molecule has 0 aromatic heterocycles. The van der Waals surface area contributed by atoms with E-state index in [0.29, 0.717) is 0 Å². The Bertz CT molecular complexity index is 353. The Balaban J connectivity index is 2.25. The van der Waals surface area contributed by atoms with Gasteiger partial charge in [0.1, 0.15) is 0 Å². The van der Waals surface area contributed by atoms with Gasteiger partial charge >= 0.3 is 0 Å². The SMILES string of the molecule is CCCC1=CC=C2[C]=NC(CCC)=C21. The van der Waals surface area contributed by atoms with Gasteiger partial charge in [-0.1, -0.05) is 38.8 Å². The molecule has 0 fully saturated rings. The first-order valence-corrected chi connectivity index (χ1v) is 5.48. The van der Waals surface area contributed by atoms with Gasteiger partial charge in [-0.25, -0.2) is 4.99 Å². The molecule has 0 aromatic carbocycles. The van der Waals surface area contributed by atoms with E-state index in [1.165, 1.54) is 35.3 Å².